The van der Waals surface area contributed by atoms with Gasteiger partial charge in [-0.05, 0) is 94.2 Å². The van der Waals surface area contributed by atoms with Crippen molar-refractivity contribution in [2.24, 2.45) is 5.41 Å². The minimum absolute atomic E-state index is 0.0297. The van der Waals surface area contributed by atoms with Gasteiger partial charge in [0.05, 0.1) is 11.1 Å². The van der Waals surface area contributed by atoms with Gasteiger partial charge in [-0.15, -0.1) is 0 Å². The van der Waals surface area contributed by atoms with E-state index in [9.17, 15) is 14.4 Å². The molecule has 3 atom stereocenters. The Hall–Kier alpha value is -2.48. The van der Waals surface area contributed by atoms with Gasteiger partial charge in [0, 0.05) is 33.1 Å². The Morgan fingerprint density at radius 3 is 2.32 bits per heavy atom. The van der Waals surface area contributed by atoms with E-state index in [1.165, 1.54) is 6.07 Å². The number of nitrogens with one attached hydrogen (secondary N) is 2. The number of carbonyl (C=O) groups is 3. The molecule has 2 aliphatic heterocycles. The minimum Gasteiger partial charge on any atom is -0.349 e. The number of halogens is 3. The van der Waals surface area contributed by atoms with Gasteiger partial charge in [0.15, 0.2) is 0 Å². The van der Waals surface area contributed by atoms with Crippen LogP contribution in [-0.4, -0.2) is 46.2 Å². The zero-order chi connectivity index (χ0) is 31.1. The van der Waals surface area contributed by atoms with Gasteiger partial charge in [-0.1, -0.05) is 67.6 Å². The number of amides is 2. The standard InChI is InChI=1S/C35H40Cl2FN3O3/c1-3-41-29(30(43)40-33-17-14-32(15-18-33,16-19-33)21(2)42)27(23-8-7-9-25(37)28(23)38)35(34(41)12-5-4-6-13-34)24-11-10-22(36)20-26(24)39-31(35)44/h7-11,20,27,29H,3-6,12-19H2,1-2H3,(H,39,44)(H,40,43)/t27-,29+,32?,33?,35+/m0/s1. The van der Waals surface area contributed by atoms with Crippen LogP contribution in [0.5, 0.6) is 0 Å². The van der Waals surface area contributed by atoms with Crippen molar-refractivity contribution in [3.8, 4) is 0 Å². The Balaban J connectivity index is 1.42. The topological polar surface area (TPSA) is 78.5 Å². The number of ketones is 1. The second-order valence-electron chi connectivity index (χ2n) is 14.0. The molecule has 2 amide bonds. The molecule has 0 radical (unpaired) electrons. The van der Waals surface area contributed by atoms with E-state index >= 15 is 4.39 Å². The first-order valence-electron chi connectivity index (χ1n) is 16.2. The summed E-state index contributed by atoms with van der Waals surface area (Å²) in [5.74, 6) is -1.56. The number of fused-ring (bicyclic) bond motifs is 6. The first-order valence-corrected chi connectivity index (χ1v) is 17.0. The molecule has 234 valence electrons. The number of hydrogen-bond donors (Lipinski definition) is 2. The maximum atomic E-state index is 16.3. The predicted octanol–water partition coefficient (Wildman–Crippen LogP) is 7.31. The van der Waals surface area contributed by atoms with Crippen LogP contribution in [0, 0.1) is 11.2 Å². The Morgan fingerprint density at radius 2 is 1.68 bits per heavy atom. The van der Waals surface area contributed by atoms with E-state index in [4.69, 9.17) is 23.2 Å². The third kappa shape index (κ3) is 3.97. The molecule has 9 heteroatoms. The van der Waals surface area contributed by atoms with Crippen LogP contribution in [0.2, 0.25) is 10.0 Å². The number of likely N-dealkylation sites (tertiary alicyclic amines) is 1. The lowest BCUT2D eigenvalue weighted by atomic mass is 9.55. The summed E-state index contributed by atoms with van der Waals surface area (Å²) in [6.07, 6.45) is 8.80. The first kappa shape index (κ1) is 30.2. The summed E-state index contributed by atoms with van der Waals surface area (Å²) in [6.45, 7) is 4.26. The van der Waals surface area contributed by atoms with Crippen molar-refractivity contribution in [1.29, 1.82) is 0 Å². The highest BCUT2D eigenvalue weighted by Crippen LogP contribution is 2.66. The summed E-state index contributed by atoms with van der Waals surface area (Å²) in [5, 5.41) is 7.09. The van der Waals surface area contributed by atoms with Gasteiger partial charge in [0.1, 0.15) is 17.0 Å². The highest BCUT2D eigenvalue weighted by atomic mass is 35.5. The number of anilines is 1. The summed E-state index contributed by atoms with van der Waals surface area (Å²) in [4.78, 5) is 44.5. The summed E-state index contributed by atoms with van der Waals surface area (Å²) in [5.41, 5.74) is -0.962. The quantitative estimate of drug-likeness (QED) is 0.359. The molecule has 6 nitrogen and oxygen atoms in total. The SMILES string of the molecule is CCN1[C@@H](C(=O)NC23CCC(C(C)=O)(CC2)CC3)[C@H](c2cccc(Cl)c2F)[C@]2(C(=O)Nc3cc(Cl)ccc32)C12CCCCC2. The zero-order valence-corrected chi connectivity index (χ0v) is 26.9. The molecule has 4 saturated carbocycles. The predicted molar refractivity (Wildman–Crippen MR) is 170 cm³/mol. The maximum Gasteiger partial charge on any atom is 0.238 e. The summed E-state index contributed by atoms with van der Waals surface area (Å²) >= 11 is 12.9. The van der Waals surface area contributed by atoms with Crippen molar-refractivity contribution in [2.75, 3.05) is 11.9 Å². The Kier molecular flexibility index (Phi) is 7.23. The smallest absolute Gasteiger partial charge is 0.238 e. The number of hydrogen-bond acceptors (Lipinski definition) is 4. The Labute approximate surface area is 268 Å². The number of benzene rings is 2. The van der Waals surface area contributed by atoms with Gasteiger partial charge >= 0.3 is 0 Å². The van der Waals surface area contributed by atoms with Crippen molar-refractivity contribution < 1.29 is 18.8 Å². The van der Waals surface area contributed by atoms with E-state index in [1.807, 2.05) is 13.0 Å². The number of likely N-dealkylation sites (N-methyl/N-ethyl adjacent to an activating group) is 1. The maximum absolute atomic E-state index is 16.3. The lowest BCUT2D eigenvalue weighted by molar-refractivity contribution is -0.137. The molecule has 0 aromatic heterocycles. The van der Waals surface area contributed by atoms with Crippen LogP contribution >= 0.6 is 23.2 Å². The van der Waals surface area contributed by atoms with E-state index in [-0.39, 0.29) is 33.6 Å². The molecule has 8 rings (SSSR count). The van der Waals surface area contributed by atoms with Crippen molar-refractivity contribution in [1.82, 2.24) is 10.2 Å². The lowest BCUT2D eigenvalue weighted by Crippen LogP contribution is -2.63. The average Bonchev–Trinajstić information content (AvgIpc) is 3.44. The molecule has 44 heavy (non-hydrogen) atoms. The second kappa shape index (κ2) is 10.5. The van der Waals surface area contributed by atoms with Crippen LogP contribution < -0.4 is 10.6 Å². The van der Waals surface area contributed by atoms with E-state index in [2.05, 4.69) is 15.5 Å². The summed E-state index contributed by atoms with van der Waals surface area (Å²) < 4.78 is 16.3. The second-order valence-corrected chi connectivity index (χ2v) is 14.8. The molecule has 2 aromatic carbocycles. The van der Waals surface area contributed by atoms with Gasteiger partial charge in [-0.25, -0.2) is 4.39 Å². The molecular weight excluding hydrogens is 600 g/mol. The van der Waals surface area contributed by atoms with Gasteiger partial charge < -0.3 is 10.6 Å². The number of rotatable bonds is 5. The molecule has 2 spiro atoms. The third-order valence-electron chi connectivity index (χ3n) is 12.4. The molecule has 2 bridgehead atoms. The Morgan fingerprint density at radius 1 is 1.00 bits per heavy atom. The third-order valence-corrected chi connectivity index (χ3v) is 12.9. The molecular formula is C35H40Cl2FN3O3. The molecule has 0 unspecified atom stereocenters. The summed E-state index contributed by atoms with van der Waals surface area (Å²) in [7, 11) is 0. The van der Waals surface area contributed by atoms with Gasteiger partial charge in [-0.3, -0.25) is 19.3 Å². The fourth-order valence-corrected chi connectivity index (χ4v) is 10.6. The van der Waals surface area contributed by atoms with Crippen LogP contribution in [-0.2, 0) is 19.8 Å². The van der Waals surface area contributed by atoms with Crippen LogP contribution in [0.1, 0.15) is 102 Å². The largest absolute Gasteiger partial charge is 0.349 e. The zero-order valence-electron chi connectivity index (χ0n) is 25.4. The molecule has 5 fully saturated rings. The number of nitrogens with zero attached hydrogens (tertiary/aromatic N) is 1. The fraction of sp³-hybridized carbons (Fsp3) is 0.571. The number of Topliss-reactive ketones (excluding diaryl/α,β-unsaturated/α-hetero) is 1. The van der Waals surface area contributed by atoms with Crippen LogP contribution in [0.3, 0.4) is 0 Å². The van der Waals surface area contributed by atoms with Crippen molar-refractivity contribution in [3.05, 3.63) is 63.4 Å². The van der Waals surface area contributed by atoms with Crippen LogP contribution in [0.15, 0.2) is 36.4 Å². The monoisotopic (exact) mass is 639 g/mol. The van der Waals surface area contributed by atoms with Crippen molar-refractivity contribution in [2.45, 2.75) is 113 Å². The number of carbonyl (C=O) groups excluding carboxylic acids is 3. The van der Waals surface area contributed by atoms with Crippen LogP contribution in [0.4, 0.5) is 10.1 Å². The average molecular weight is 641 g/mol. The van der Waals surface area contributed by atoms with Gasteiger partial charge in [0.2, 0.25) is 11.8 Å². The van der Waals surface area contributed by atoms with E-state index in [1.54, 1.807) is 31.2 Å². The van der Waals surface area contributed by atoms with E-state index in [0.29, 0.717) is 30.1 Å². The minimum atomic E-state index is -1.24. The fourth-order valence-electron chi connectivity index (χ4n) is 10.3. The molecule has 2 aromatic rings. The molecule has 6 aliphatic rings. The highest BCUT2D eigenvalue weighted by molar-refractivity contribution is 6.31. The van der Waals surface area contributed by atoms with Crippen molar-refractivity contribution >= 4 is 46.5 Å². The van der Waals surface area contributed by atoms with Crippen LogP contribution in [0.25, 0.3) is 0 Å². The Bertz CT molecular complexity index is 1530. The van der Waals surface area contributed by atoms with Gasteiger partial charge in [0.25, 0.3) is 0 Å². The summed E-state index contributed by atoms with van der Waals surface area (Å²) in [6, 6.07) is 9.57. The van der Waals surface area contributed by atoms with E-state index in [0.717, 1.165) is 63.4 Å². The molecule has 2 N–H and O–H groups in total. The van der Waals surface area contributed by atoms with Gasteiger partial charge in [-0.2, -0.15) is 0 Å². The highest BCUT2D eigenvalue weighted by Gasteiger charge is 2.75. The molecule has 2 heterocycles. The molecule has 4 aliphatic carbocycles. The normalized spacial score (nSPS) is 33.9. The lowest BCUT2D eigenvalue weighted by Gasteiger charge is -2.53. The van der Waals surface area contributed by atoms with Crippen molar-refractivity contribution in [3.63, 3.8) is 0 Å². The molecule has 1 saturated heterocycles. The van der Waals surface area contributed by atoms with E-state index < -0.39 is 34.3 Å². The first-order chi connectivity index (χ1) is 21.0.